The number of carbonyl (C=O) groups is 1. The summed E-state index contributed by atoms with van der Waals surface area (Å²) in [6.45, 7) is 1.76. The zero-order valence-corrected chi connectivity index (χ0v) is 13.4. The van der Waals surface area contributed by atoms with Gasteiger partial charge in [0, 0.05) is 0 Å². The zero-order valence-electron chi connectivity index (χ0n) is 12.6. The fourth-order valence-electron chi connectivity index (χ4n) is 2.07. The first kappa shape index (κ1) is 15.9. The number of carboxylic acids is 1. The molecule has 0 saturated heterocycles. The molecule has 0 aliphatic heterocycles. The van der Waals surface area contributed by atoms with E-state index in [4.69, 9.17) is 14.6 Å². The molecule has 0 radical (unpaired) electrons. The number of ether oxygens (including phenoxy) is 2. The third-order valence-electron chi connectivity index (χ3n) is 3.04. The first-order valence-corrected chi connectivity index (χ1v) is 7.86. The highest BCUT2D eigenvalue weighted by molar-refractivity contribution is 7.15. The normalized spacial score (nSPS) is 11.8. The van der Waals surface area contributed by atoms with Crippen LogP contribution in [0.5, 0.6) is 11.5 Å². The minimum atomic E-state index is -1.07. The van der Waals surface area contributed by atoms with Gasteiger partial charge in [0.25, 0.3) is 5.56 Å². The summed E-state index contributed by atoms with van der Waals surface area (Å²) in [6, 6.07) is 5.02. The summed E-state index contributed by atoms with van der Waals surface area (Å²) < 4.78 is 12.4. The minimum Gasteiger partial charge on any atom is -0.490 e. The second kappa shape index (κ2) is 6.67. The lowest BCUT2D eigenvalue weighted by Crippen LogP contribution is -2.23. The highest BCUT2D eigenvalue weighted by Gasteiger charge is 2.09. The number of rotatable bonds is 6. The Morgan fingerprint density at radius 3 is 2.92 bits per heavy atom. The number of benzene rings is 1. The molecule has 0 aliphatic carbocycles. The molecule has 0 fully saturated rings. The van der Waals surface area contributed by atoms with Crippen molar-refractivity contribution >= 4 is 28.3 Å². The molecule has 124 valence electrons. The summed E-state index contributed by atoms with van der Waals surface area (Å²) in [5.74, 6) is -0.320. The summed E-state index contributed by atoms with van der Waals surface area (Å²) >= 11 is 1.23. The van der Waals surface area contributed by atoms with Gasteiger partial charge in [0.1, 0.15) is 6.33 Å². The number of carboxylic acid groups (broad SMARTS) is 1. The molecule has 0 atom stereocenters. The van der Waals surface area contributed by atoms with E-state index in [0.29, 0.717) is 27.6 Å². The second-order valence-electron chi connectivity index (χ2n) is 4.69. The van der Waals surface area contributed by atoms with Crippen LogP contribution in [0.2, 0.25) is 0 Å². The Hall–Kier alpha value is -2.94. The van der Waals surface area contributed by atoms with Gasteiger partial charge in [0.05, 0.1) is 11.1 Å². The minimum absolute atomic E-state index is 0.239. The van der Waals surface area contributed by atoms with Gasteiger partial charge in [-0.25, -0.2) is 9.78 Å². The van der Waals surface area contributed by atoms with Crippen LogP contribution < -0.4 is 19.6 Å². The average Bonchev–Trinajstić information content (AvgIpc) is 3.11. The van der Waals surface area contributed by atoms with Crippen molar-refractivity contribution in [1.82, 2.24) is 14.6 Å². The molecule has 1 aromatic carbocycles. The number of aliphatic carboxylic acids is 1. The van der Waals surface area contributed by atoms with Crippen LogP contribution in [0.25, 0.3) is 11.0 Å². The molecule has 0 spiro atoms. The van der Waals surface area contributed by atoms with Gasteiger partial charge in [-0.2, -0.15) is 9.61 Å². The molecule has 9 heteroatoms. The summed E-state index contributed by atoms with van der Waals surface area (Å²) in [6.07, 6.45) is 3.03. The molecule has 3 rings (SSSR count). The van der Waals surface area contributed by atoms with Gasteiger partial charge in [-0.05, 0) is 30.7 Å². The molecule has 0 amide bonds. The molecule has 0 bridgehead atoms. The summed E-state index contributed by atoms with van der Waals surface area (Å²) in [4.78, 5) is 27.3. The number of hydrogen-bond donors (Lipinski definition) is 1. The summed E-state index contributed by atoms with van der Waals surface area (Å²) in [5, 5.41) is 12.6. The smallest absolute Gasteiger partial charge is 0.341 e. The van der Waals surface area contributed by atoms with Crippen molar-refractivity contribution in [2.24, 2.45) is 0 Å². The Labute approximate surface area is 139 Å². The van der Waals surface area contributed by atoms with Crippen molar-refractivity contribution in [3.63, 3.8) is 0 Å². The van der Waals surface area contributed by atoms with E-state index in [2.05, 4.69) is 10.1 Å². The van der Waals surface area contributed by atoms with Gasteiger partial charge < -0.3 is 14.6 Å². The number of aromatic nitrogens is 3. The van der Waals surface area contributed by atoms with Gasteiger partial charge in [-0.1, -0.05) is 17.4 Å². The lowest BCUT2D eigenvalue weighted by Gasteiger charge is -2.11. The molecule has 0 unspecified atom stereocenters. The molecular formula is C15H13N3O5S. The number of thiazole rings is 1. The summed E-state index contributed by atoms with van der Waals surface area (Å²) in [7, 11) is 0. The molecule has 0 aliphatic rings. The fraction of sp³-hybridized carbons (Fsp3) is 0.200. The maximum atomic E-state index is 12.2. The van der Waals surface area contributed by atoms with Gasteiger partial charge in [0.15, 0.2) is 18.1 Å². The largest absolute Gasteiger partial charge is 0.490 e. The van der Waals surface area contributed by atoms with Crippen LogP contribution in [0.4, 0.5) is 0 Å². The van der Waals surface area contributed by atoms with E-state index in [0.717, 1.165) is 5.56 Å². The van der Waals surface area contributed by atoms with Crippen molar-refractivity contribution in [3.8, 4) is 11.5 Å². The average molecular weight is 347 g/mol. The molecule has 1 N–H and O–H groups in total. The van der Waals surface area contributed by atoms with Crippen LogP contribution in [0.1, 0.15) is 12.5 Å². The molecular weight excluding hydrogens is 334 g/mol. The number of hydrogen-bond acceptors (Lipinski definition) is 7. The fourth-order valence-corrected chi connectivity index (χ4v) is 2.95. The number of nitrogens with zero attached hydrogens (tertiary/aromatic N) is 3. The van der Waals surface area contributed by atoms with Crippen molar-refractivity contribution in [3.05, 3.63) is 45.0 Å². The van der Waals surface area contributed by atoms with E-state index in [1.807, 2.05) is 6.92 Å². The third kappa shape index (κ3) is 3.20. The molecule has 2 heterocycles. The Bertz CT molecular complexity index is 994. The van der Waals surface area contributed by atoms with Crippen LogP contribution in [-0.2, 0) is 4.79 Å². The van der Waals surface area contributed by atoms with Crippen molar-refractivity contribution < 1.29 is 19.4 Å². The monoisotopic (exact) mass is 347 g/mol. The van der Waals surface area contributed by atoms with Crippen molar-refractivity contribution in [2.75, 3.05) is 13.2 Å². The summed E-state index contributed by atoms with van der Waals surface area (Å²) in [5.41, 5.74) is 0.486. The van der Waals surface area contributed by atoms with Crippen LogP contribution >= 0.6 is 11.3 Å². The van der Waals surface area contributed by atoms with Crippen LogP contribution in [0.15, 0.2) is 29.3 Å². The van der Waals surface area contributed by atoms with E-state index in [1.54, 1.807) is 24.3 Å². The molecule has 0 saturated carbocycles. The van der Waals surface area contributed by atoms with Crippen LogP contribution in [0, 0.1) is 0 Å². The molecule has 3 aromatic rings. The van der Waals surface area contributed by atoms with Gasteiger partial charge >= 0.3 is 5.97 Å². The SMILES string of the molecule is CCOc1cc(/C=c2\sc3ncnn3c2=O)ccc1OCC(=O)O. The van der Waals surface area contributed by atoms with Crippen LogP contribution in [0.3, 0.4) is 0 Å². The number of fused-ring (bicyclic) bond motifs is 1. The van der Waals surface area contributed by atoms with Gasteiger partial charge in [-0.3, -0.25) is 4.79 Å². The maximum Gasteiger partial charge on any atom is 0.341 e. The lowest BCUT2D eigenvalue weighted by atomic mass is 10.2. The quantitative estimate of drug-likeness (QED) is 0.695. The Balaban J connectivity index is 1.98. The molecule has 2 aromatic heterocycles. The highest BCUT2D eigenvalue weighted by Crippen LogP contribution is 2.28. The van der Waals surface area contributed by atoms with Crippen molar-refractivity contribution in [1.29, 1.82) is 0 Å². The Morgan fingerprint density at radius 1 is 1.38 bits per heavy atom. The second-order valence-corrected chi connectivity index (χ2v) is 5.70. The van der Waals surface area contributed by atoms with E-state index in [-0.39, 0.29) is 5.56 Å². The molecule has 24 heavy (non-hydrogen) atoms. The predicted molar refractivity (Wildman–Crippen MR) is 86.7 cm³/mol. The Kier molecular flexibility index (Phi) is 4.43. The maximum absolute atomic E-state index is 12.2. The predicted octanol–water partition coefficient (Wildman–Crippen LogP) is 0.561. The van der Waals surface area contributed by atoms with E-state index >= 15 is 0 Å². The Morgan fingerprint density at radius 2 is 2.21 bits per heavy atom. The standard InChI is InChI=1S/C15H13N3O5S/c1-2-22-11-5-9(3-4-10(11)23-7-13(19)20)6-12-14(21)18-15(24-12)16-8-17-18/h3-6,8H,2,7H2,1H3,(H,19,20)/b12-6-. The lowest BCUT2D eigenvalue weighted by molar-refractivity contribution is -0.139. The topological polar surface area (TPSA) is 103 Å². The van der Waals surface area contributed by atoms with E-state index < -0.39 is 12.6 Å². The zero-order chi connectivity index (χ0) is 17.1. The first-order valence-electron chi connectivity index (χ1n) is 7.04. The van der Waals surface area contributed by atoms with Gasteiger partial charge in [-0.15, -0.1) is 0 Å². The third-order valence-corrected chi connectivity index (χ3v) is 4.01. The highest BCUT2D eigenvalue weighted by atomic mass is 32.1. The molecule has 8 nitrogen and oxygen atoms in total. The van der Waals surface area contributed by atoms with Gasteiger partial charge in [0.2, 0.25) is 4.96 Å². The van der Waals surface area contributed by atoms with E-state index in [9.17, 15) is 9.59 Å². The van der Waals surface area contributed by atoms with E-state index in [1.165, 1.54) is 22.2 Å². The van der Waals surface area contributed by atoms with Crippen molar-refractivity contribution in [2.45, 2.75) is 6.92 Å². The van der Waals surface area contributed by atoms with Crippen LogP contribution in [-0.4, -0.2) is 38.9 Å². The first-order chi connectivity index (χ1) is 11.6.